The number of hydrogen-bond donors (Lipinski definition) is 1. The van der Waals surface area contributed by atoms with E-state index in [1.165, 1.54) is 0 Å². The summed E-state index contributed by atoms with van der Waals surface area (Å²) < 4.78 is 29.3. The fourth-order valence-electron chi connectivity index (χ4n) is 3.42. The minimum absolute atomic E-state index is 0.135. The topological polar surface area (TPSA) is 52.7 Å². The molecule has 0 aromatic carbocycles. The van der Waals surface area contributed by atoms with E-state index in [2.05, 4.69) is 19.2 Å². The summed E-state index contributed by atoms with van der Waals surface area (Å²) in [6.45, 7) is 8.14. The molecular weight excluding hydrogens is 286 g/mol. The Morgan fingerprint density at radius 1 is 1.14 bits per heavy atom. The molecular formula is C15H31N3O2S. The lowest BCUT2D eigenvalue weighted by molar-refractivity contribution is 0.230. The van der Waals surface area contributed by atoms with Gasteiger partial charge in [-0.1, -0.05) is 26.7 Å². The average Bonchev–Trinajstić information content (AvgIpc) is 2.98. The minimum atomic E-state index is -3.26. The van der Waals surface area contributed by atoms with Crippen LogP contribution in [0.2, 0.25) is 0 Å². The molecule has 1 N–H and O–H groups in total. The summed E-state index contributed by atoms with van der Waals surface area (Å²) in [5.74, 6) is 0.543. The summed E-state index contributed by atoms with van der Waals surface area (Å²) in [6, 6.07) is 0.135. The summed E-state index contributed by atoms with van der Waals surface area (Å²) in [5.41, 5.74) is 0. The number of piperidine rings is 1. The van der Waals surface area contributed by atoms with E-state index in [4.69, 9.17) is 0 Å². The van der Waals surface area contributed by atoms with Gasteiger partial charge in [-0.3, -0.25) is 0 Å². The van der Waals surface area contributed by atoms with E-state index in [0.717, 1.165) is 51.6 Å². The van der Waals surface area contributed by atoms with Gasteiger partial charge in [0.15, 0.2) is 0 Å². The van der Waals surface area contributed by atoms with Gasteiger partial charge in [0.2, 0.25) is 0 Å². The number of hydrogen-bond acceptors (Lipinski definition) is 3. The van der Waals surface area contributed by atoms with Crippen molar-refractivity contribution in [3.63, 3.8) is 0 Å². The molecule has 0 amide bonds. The van der Waals surface area contributed by atoms with Crippen LogP contribution >= 0.6 is 0 Å². The van der Waals surface area contributed by atoms with Gasteiger partial charge in [0, 0.05) is 32.2 Å². The predicted octanol–water partition coefficient (Wildman–Crippen LogP) is 1.82. The first-order valence-corrected chi connectivity index (χ1v) is 9.96. The number of nitrogens with zero attached hydrogens (tertiary/aromatic N) is 2. The summed E-state index contributed by atoms with van der Waals surface area (Å²) in [5, 5.41) is 3.39. The van der Waals surface area contributed by atoms with Crippen LogP contribution in [0.15, 0.2) is 0 Å². The molecule has 0 aromatic heterocycles. The molecule has 0 spiro atoms. The Morgan fingerprint density at radius 3 is 2.62 bits per heavy atom. The van der Waals surface area contributed by atoms with Crippen LogP contribution in [0.5, 0.6) is 0 Å². The van der Waals surface area contributed by atoms with E-state index in [1.807, 2.05) is 0 Å². The lowest BCUT2D eigenvalue weighted by Gasteiger charge is -2.37. The van der Waals surface area contributed by atoms with E-state index in [1.54, 1.807) is 8.61 Å². The summed E-state index contributed by atoms with van der Waals surface area (Å²) in [6.07, 6.45) is 6.30. The summed E-state index contributed by atoms with van der Waals surface area (Å²) in [7, 11) is -3.26. The van der Waals surface area contributed by atoms with Crippen molar-refractivity contribution in [2.24, 2.45) is 5.92 Å². The van der Waals surface area contributed by atoms with Gasteiger partial charge in [-0.05, 0) is 38.1 Å². The zero-order valence-electron chi connectivity index (χ0n) is 13.6. The van der Waals surface area contributed by atoms with Crippen LogP contribution in [0.4, 0.5) is 0 Å². The molecule has 0 aliphatic carbocycles. The molecule has 2 aliphatic heterocycles. The Labute approximate surface area is 130 Å². The number of rotatable bonds is 7. The van der Waals surface area contributed by atoms with Crippen LogP contribution in [0.3, 0.4) is 0 Å². The van der Waals surface area contributed by atoms with Crippen LogP contribution in [-0.2, 0) is 10.2 Å². The molecule has 124 valence electrons. The third kappa shape index (κ3) is 4.18. The van der Waals surface area contributed by atoms with Crippen LogP contribution in [0.25, 0.3) is 0 Å². The Morgan fingerprint density at radius 2 is 1.95 bits per heavy atom. The Kier molecular flexibility index (Phi) is 6.47. The molecule has 2 unspecified atom stereocenters. The Hall–Kier alpha value is -0.170. The summed E-state index contributed by atoms with van der Waals surface area (Å²) in [4.78, 5) is 0. The first kappa shape index (κ1) is 17.2. The van der Waals surface area contributed by atoms with Gasteiger partial charge in [-0.25, -0.2) is 0 Å². The van der Waals surface area contributed by atoms with Crippen molar-refractivity contribution in [2.75, 3.05) is 32.7 Å². The molecule has 0 saturated carbocycles. The van der Waals surface area contributed by atoms with Crippen molar-refractivity contribution in [1.29, 1.82) is 0 Å². The quantitative estimate of drug-likeness (QED) is 0.729. The van der Waals surface area contributed by atoms with Crippen molar-refractivity contribution in [3.8, 4) is 0 Å². The average molecular weight is 317 g/mol. The molecule has 2 heterocycles. The maximum atomic E-state index is 12.9. The van der Waals surface area contributed by atoms with Gasteiger partial charge in [0.05, 0.1) is 0 Å². The van der Waals surface area contributed by atoms with Crippen LogP contribution in [0.1, 0.15) is 52.4 Å². The normalized spacial score (nSPS) is 29.0. The van der Waals surface area contributed by atoms with Gasteiger partial charge < -0.3 is 5.32 Å². The van der Waals surface area contributed by atoms with Gasteiger partial charge in [0.1, 0.15) is 0 Å². The standard InChI is InChI=1S/C15H31N3O2S/c1-3-9-16-12-15-7-5-6-10-18(15)21(19,20)17-11-8-14(4-2)13-17/h14-16H,3-13H2,1-2H3. The van der Waals surface area contributed by atoms with E-state index >= 15 is 0 Å². The molecule has 2 fully saturated rings. The smallest absolute Gasteiger partial charge is 0.282 e. The SMILES string of the molecule is CCCNCC1CCCCN1S(=O)(=O)N1CCC(CC)C1. The van der Waals surface area contributed by atoms with Crippen molar-refractivity contribution >= 4 is 10.2 Å². The third-order valence-corrected chi connectivity index (χ3v) is 6.89. The Bertz CT molecular complexity index is 413. The molecule has 2 aliphatic rings. The molecule has 6 heteroatoms. The first-order valence-electron chi connectivity index (χ1n) is 8.57. The second-order valence-corrected chi connectivity index (χ2v) is 8.27. The second-order valence-electron chi connectivity index (χ2n) is 6.39. The third-order valence-electron chi connectivity index (χ3n) is 4.83. The second kappa shape index (κ2) is 7.90. The minimum Gasteiger partial charge on any atom is -0.315 e. The highest BCUT2D eigenvalue weighted by molar-refractivity contribution is 7.86. The van der Waals surface area contributed by atoms with E-state index in [0.29, 0.717) is 25.6 Å². The zero-order chi connectivity index (χ0) is 15.3. The molecule has 0 bridgehead atoms. The molecule has 2 atom stereocenters. The molecule has 21 heavy (non-hydrogen) atoms. The highest BCUT2D eigenvalue weighted by Gasteiger charge is 2.39. The fourth-order valence-corrected chi connectivity index (χ4v) is 5.36. The highest BCUT2D eigenvalue weighted by atomic mass is 32.2. The van der Waals surface area contributed by atoms with Crippen molar-refractivity contribution in [3.05, 3.63) is 0 Å². The first-order chi connectivity index (χ1) is 10.1. The lowest BCUT2D eigenvalue weighted by Crippen LogP contribution is -2.53. The van der Waals surface area contributed by atoms with Crippen LogP contribution in [-0.4, -0.2) is 55.8 Å². The number of nitrogens with one attached hydrogen (secondary N) is 1. The van der Waals surface area contributed by atoms with E-state index in [9.17, 15) is 8.42 Å². The van der Waals surface area contributed by atoms with Crippen molar-refractivity contribution < 1.29 is 8.42 Å². The largest absolute Gasteiger partial charge is 0.315 e. The molecule has 2 rings (SSSR count). The van der Waals surface area contributed by atoms with Gasteiger partial charge in [-0.15, -0.1) is 0 Å². The van der Waals surface area contributed by atoms with Crippen LogP contribution in [0, 0.1) is 5.92 Å². The van der Waals surface area contributed by atoms with E-state index < -0.39 is 10.2 Å². The van der Waals surface area contributed by atoms with Gasteiger partial charge in [-0.2, -0.15) is 17.0 Å². The van der Waals surface area contributed by atoms with Gasteiger partial charge >= 0.3 is 0 Å². The van der Waals surface area contributed by atoms with Crippen molar-refractivity contribution in [2.45, 2.75) is 58.4 Å². The lowest BCUT2D eigenvalue weighted by atomic mass is 10.1. The molecule has 5 nitrogen and oxygen atoms in total. The van der Waals surface area contributed by atoms with Crippen molar-refractivity contribution in [1.82, 2.24) is 13.9 Å². The highest BCUT2D eigenvalue weighted by Crippen LogP contribution is 2.27. The maximum Gasteiger partial charge on any atom is 0.282 e. The Balaban J connectivity index is 2.01. The summed E-state index contributed by atoms with van der Waals surface area (Å²) >= 11 is 0. The molecule has 0 radical (unpaired) electrons. The fraction of sp³-hybridized carbons (Fsp3) is 1.00. The monoisotopic (exact) mass is 317 g/mol. The predicted molar refractivity (Wildman–Crippen MR) is 86.4 cm³/mol. The maximum absolute atomic E-state index is 12.9. The molecule has 0 aromatic rings. The van der Waals surface area contributed by atoms with Gasteiger partial charge in [0.25, 0.3) is 10.2 Å². The van der Waals surface area contributed by atoms with Crippen LogP contribution < -0.4 is 5.32 Å². The van der Waals surface area contributed by atoms with E-state index in [-0.39, 0.29) is 6.04 Å². The molecule has 2 saturated heterocycles. The zero-order valence-corrected chi connectivity index (χ0v) is 14.4.